The summed E-state index contributed by atoms with van der Waals surface area (Å²) in [5.41, 5.74) is 3.53. The van der Waals surface area contributed by atoms with Crippen LogP contribution in [0.15, 0.2) is 71.8 Å². The van der Waals surface area contributed by atoms with Gasteiger partial charge in [0.2, 0.25) is 0 Å². The molecule has 1 aliphatic rings. The predicted octanol–water partition coefficient (Wildman–Crippen LogP) is 7.14. The zero-order valence-corrected chi connectivity index (χ0v) is 16.3. The Morgan fingerprint density at radius 2 is 1.52 bits per heavy atom. The fraction of sp³-hybridized carbons (Fsp3) is 0.0952. The van der Waals surface area contributed by atoms with Gasteiger partial charge in [-0.1, -0.05) is 59.1 Å². The summed E-state index contributed by atoms with van der Waals surface area (Å²) >= 11 is 18.6. The van der Waals surface area contributed by atoms with Crippen molar-refractivity contribution in [2.24, 2.45) is 5.10 Å². The second-order valence-corrected chi connectivity index (χ2v) is 7.55. The van der Waals surface area contributed by atoms with Crippen molar-refractivity contribution in [1.82, 2.24) is 0 Å². The molecular weight excluding hydrogens is 406 g/mol. The van der Waals surface area contributed by atoms with E-state index >= 15 is 0 Å². The van der Waals surface area contributed by atoms with Crippen molar-refractivity contribution in [2.45, 2.75) is 12.5 Å². The first kappa shape index (κ1) is 18.3. The number of anilines is 1. The molecule has 0 bridgehead atoms. The summed E-state index contributed by atoms with van der Waals surface area (Å²) in [7, 11) is 0. The standard InChI is InChI=1S/C21H14Cl3FN2/c22-15-5-1-13(2-6-15)19-12-20(14-3-8-17(25)9-4-14)27(26-19)21-11-16(23)7-10-18(21)24/h1-11,20H,12H2. The topological polar surface area (TPSA) is 15.6 Å². The maximum atomic E-state index is 13.4. The van der Waals surface area contributed by atoms with Crippen LogP contribution in [0.2, 0.25) is 15.1 Å². The van der Waals surface area contributed by atoms with Crippen LogP contribution in [-0.4, -0.2) is 5.71 Å². The van der Waals surface area contributed by atoms with E-state index in [2.05, 4.69) is 0 Å². The molecule has 27 heavy (non-hydrogen) atoms. The van der Waals surface area contributed by atoms with Crippen molar-refractivity contribution in [3.8, 4) is 0 Å². The van der Waals surface area contributed by atoms with E-state index in [0.29, 0.717) is 27.2 Å². The van der Waals surface area contributed by atoms with E-state index in [9.17, 15) is 4.39 Å². The van der Waals surface area contributed by atoms with Gasteiger partial charge in [-0.25, -0.2) is 4.39 Å². The molecule has 0 saturated carbocycles. The van der Waals surface area contributed by atoms with Crippen LogP contribution in [0.1, 0.15) is 23.6 Å². The van der Waals surface area contributed by atoms with Crippen LogP contribution in [0, 0.1) is 5.82 Å². The van der Waals surface area contributed by atoms with Crippen LogP contribution in [0.25, 0.3) is 0 Å². The maximum absolute atomic E-state index is 13.4. The molecule has 0 fully saturated rings. The van der Waals surface area contributed by atoms with Gasteiger partial charge in [0.15, 0.2) is 0 Å². The molecule has 1 atom stereocenters. The molecule has 0 saturated heterocycles. The predicted molar refractivity (Wildman–Crippen MR) is 111 cm³/mol. The highest BCUT2D eigenvalue weighted by Gasteiger charge is 2.31. The SMILES string of the molecule is Fc1ccc(C2CC(c3ccc(Cl)cc3)=NN2c2cc(Cl)ccc2Cl)cc1. The van der Waals surface area contributed by atoms with E-state index in [1.54, 1.807) is 30.3 Å². The van der Waals surface area contributed by atoms with Crippen LogP contribution in [0.4, 0.5) is 10.1 Å². The fourth-order valence-electron chi connectivity index (χ4n) is 3.16. The fourth-order valence-corrected chi connectivity index (χ4v) is 3.65. The van der Waals surface area contributed by atoms with Gasteiger partial charge in [0.25, 0.3) is 0 Å². The molecule has 3 aromatic carbocycles. The molecule has 2 nitrogen and oxygen atoms in total. The van der Waals surface area contributed by atoms with Crippen molar-refractivity contribution in [3.05, 3.63) is 98.7 Å². The van der Waals surface area contributed by atoms with Gasteiger partial charge in [0.05, 0.1) is 22.5 Å². The number of benzene rings is 3. The lowest BCUT2D eigenvalue weighted by Crippen LogP contribution is -2.19. The molecular formula is C21H14Cl3FN2. The molecule has 6 heteroatoms. The molecule has 0 aromatic heterocycles. The highest BCUT2D eigenvalue weighted by atomic mass is 35.5. The summed E-state index contributed by atoms with van der Waals surface area (Å²) in [4.78, 5) is 0. The summed E-state index contributed by atoms with van der Waals surface area (Å²) in [5, 5.41) is 8.45. The second kappa shape index (κ2) is 7.51. The summed E-state index contributed by atoms with van der Waals surface area (Å²) < 4.78 is 13.4. The van der Waals surface area contributed by atoms with Gasteiger partial charge < -0.3 is 0 Å². The summed E-state index contributed by atoms with van der Waals surface area (Å²) in [5.74, 6) is -0.275. The Kier molecular flexibility index (Phi) is 5.09. The third-order valence-electron chi connectivity index (χ3n) is 4.50. The monoisotopic (exact) mass is 418 g/mol. The van der Waals surface area contributed by atoms with Gasteiger partial charge in [-0.15, -0.1) is 0 Å². The molecule has 1 aliphatic heterocycles. The summed E-state index contributed by atoms with van der Waals surface area (Å²) in [6.07, 6.45) is 0.649. The minimum Gasteiger partial charge on any atom is -0.256 e. The minimum atomic E-state index is -0.275. The quantitative estimate of drug-likeness (QED) is 0.440. The van der Waals surface area contributed by atoms with Gasteiger partial charge in [0, 0.05) is 16.5 Å². The van der Waals surface area contributed by atoms with E-state index in [-0.39, 0.29) is 11.9 Å². The van der Waals surface area contributed by atoms with Crippen LogP contribution >= 0.6 is 34.8 Å². The third kappa shape index (κ3) is 3.81. The number of nitrogens with zero attached hydrogens (tertiary/aromatic N) is 2. The highest BCUT2D eigenvalue weighted by molar-refractivity contribution is 6.35. The minimum absolute atomic E-state index is 0.118. The number of hydrogen-bond donors (Lipinski definition) is 0. The summed E-state index contributed by atoms with van der Waals surface area (Å²) in [6.45, 7) is 0. The smallest absolute Gasteiger partial charge is 0.123 e. The van der Waals surface area contributed by atoms with Crippen molar-refractivity contribution < 1.29 is 4.39 Å². The molecule has 3 aromatic rings. The van der Waals surface area contributed by atoms with Crippen LogP contribution in [-0.2, 0) is 0 Å². The molecule has 136 valence electrons. The maximum Gasteiger partial charge on any atom is 0.123 e. The number of rotatable bonds is 3. The van der Waals surface area contributed by atoms with Gasteiger partial charge in [0.1, 0.15) is 5.82 Å². The lowest BCUT2D eigenvalue weighted by Gasteiger charge is -2.25. The van der Waals surface area contributed by atoms with Gasteiger partial charge in [-0.2, -0.15) is 5.10 Å². The first-order valence-corrected chi connectivity index (χ1v) is 9.48. The Morgan fingerprint density at radius 3 is 2.22 bits per heavy atom. The molecule has 0 aliphatic carbocycles. The molecule has 4 rings (SSSR count). The Bertz CT molecular complexity index is 1000. The largest absolute Gasteiger partial charge is 0.256 e. The van der Waals surface area contributed by atoms with Crippen molar-refractivity contribution in [3.63, 3.8) is 0 Å². The van der Waals surface area contributed by atoms with E-state index < -0.39 is 0 Å². The molecule has 1 heterocycles. The van der Waals surface area contributed by atoms with Crippen LogP contribution < -0.4 is 5.01 Å². The third-order valence-corrected chi connectivity index (χ3v) is 5.30. The lowest BCUT2D eigenvalue weighted by molar-refractivity contribution is 0.624. The lowest BCUT2D eigenvalue weighted by atomic mass is 9.98. The Hall–Kier alpha value is -2.07. The van der Waals surface area contributed by atoms with E-state index in [1.807, 2.05) is 29.3 Å². The number of hydrogen-bond acceptors (Lipinski definition) is 2. The van der Waals surface area contributed by atoms with Crippen molar-refractivity contribution in [1.29, 1.82) is 0 Å². The van der Waals surface area contributed by atoms with E-state index in [4.69, 9.17) is 39.9 Å². The normalized spacial score (nSPS) is 16.5. The van der Waals surface area contributed by atoms with Crippen molar-refractivity contribution in [2.75, 3.05) is 5.01 Å². The van der Waals surface area contributed by atoms with Gasteiger partial charge in [-0.05, 0) is 53.6 Å². The molecule has 0 spiro atoms. The van der Waals surface area contributed by atoms with Crippen LogP contribution in [0.3, 0.4) is 0 Å². The Labute approximate surface area is 171 Å². The molecule has 0 N–H and O–H groups in total. The number of halogens is 4. The van der Waals surface area contributed by atoms with E-state index in [1.165, 1.54) is 12.1 Å². The van der Waals surface area contributed by atoms with Crippen LogP contribution in [0.5, 0.6) is 0 Å². The molecule has 0 amide bonds. The first-order chi connectivity index (χ1) is 13.0. The average Bonchev–Trinajstić information content (AvgIpc) is 3.10. The van der Waals surface area contributed by atoms with Gasteiger partial charge in [-0.3, -0.25) is 5.01 Å². The van der Waals surface area contributed by atoms with Gasteiger partial charge >= 0.3 is 0 Å². The number of hydrazone groups is 1. The highest BCUT2D eigenvalue weighted by Crippen LogP contribution is 2.40. The van der Waals surface area contributed by atoms with Crippen molar-refractivity contribution >= 4 is 46.2 Å². The first-order valence-electron chi connectivity index (χ1n) is 8.34. The second-order valence-electron chi connectivity index (χ2n) is 6.27. The van der Waals surface area contributed by atoms with E-state index in [0.717, 1.165) is 16.8 Å². The average molecular weight is 420 g/mol. The molecule has 1 unspecified atom stereocenters. The molecule has 0 radical (unpaired) electrons. The Balaban J connectivity index is 1.79. The zero-order chi connectivity index (χ0) is 19.0. The Morgan fingerprint density at radius 1 is 0.852 bits per heavy atom. The zero-order valence-electron chi connectivity index (χ0n) is 14.0. The summed E-state index contributed by atoms with van der Waals surface area (Å²) in [6, 6.07) is 19.1.